The number of hydrogen-bond acceptors (Lipinski definition) is 3. The Hall–Kier alpha value is -1.83. The van der Waals surface area contributed by atoms with Gasteiger partial charge in [0.2, 0.25) is 0 Å². The highest BCUT2D eigenvalue weighted by atomic mass is 35.5. The molecule has 0 fully saturated rings. The smallest absolute Gasteiger partial charge is 0.256 e. The summed E-state index contributed by atoms with van der Waals surface area (Å²) in [6.07, 6.45) is 3.00. The lowest BCUT2D eigenvalue weighted by Gasteiger charge is -2.17. The number of rotatable bonds is 2. The number of nitriles is 1. The number of carbonyl (C=O) groups is 1. The Balaban J connectivity index is 1.89. The monoisotopic (exact) mass is 344 g/mol. The first-order valence-corrected chi connectivity index (χ1v) is 8.81. The van der Waals surface area contributed by atoms with Gasteiger partial charge in [0, 0.05) is 15.5 Å². The predicted molar refractivity (Wildman–Crippen MR) is 94.4 cm³/mol. The number of nitrogens with zero attached hydrogens (tertiary/aromatic N) is 1. The van der Waals surface area contributed by atoms with E-state index < -0.39 is 0 Å². The highest BCUT2D eigenvalue weighted by Crippen LogP contribution is 2.39. The van der Waals surface area contributed by atoms with Gasteiger partial charge in [-0.1, -0.05) is 24.6 Å². The van der Waals surface area contributed by atoms with Gasteiger partial charge >= 0.3 is 0 Å². The molecule has 118 valence electrons. The minimum atomic E-state index is -0.227. The van der Waals surface area contributed by atoms with Crippen molar-refractivity contribution in [1.82, 2.24) is 0 Å². The zero-order chi connectivity index (χ0) is 16.6. The predicted octanol–water partition coefficient (Wildman–Crippen LogP) is 4.96. The van der Waals surface area contributed by atoms with Gasteiger partial charge in [-0.25, -0.2) is 0 Å². The van der Waals surface area contributed by atoms with E-state index in [2.05, 4.69) is 18.3 Å². The summed E-state index contributed by atoms with van der Waals surface area (Å²) in [5.74, 6) is 0.405. The molecule has 1 heterocycles. The van der Waals surface area contributed by atoms with Crippen molar-refractivity contribution in [2.24, 2.45) is 5.92 Å². The first kappa shape index (κ1) is 16.0. The van der Waals surface area contributed by atoms with E-state index >= 15 is 0 Å². The van der Waals surface area contributed by atoms with Crippen LogP contribution in [0.25, 0.3) is 0 Å². The van der Waals surface area contributed by atoms with Crippen LogP contribution >= 0.6 is 22.9 Å². The Labute approximate surface area is 144 Å². The summed E-state index contributed by atoms with van der Waals surface area (Å²) in [4.78, 5) is 13.7. The summed E-state index contributed by atoms with van der Waals surface area (Å²) in [6.45, 7) is 4.12. The third-order valence-electron chi connectivity index (χ3n) is 4.28. The molecule has 0 bridgehead atoms. The van der Waals surface area contributed by atoms with Crippen LogP contribution in [0.4, 0.5) is 5.00 Å². The molecule has 0 aliphatic heterocycles. The topological polar surface area (TPSA) is 52.9 Å². The van der Waals surface area contributed by atoms with E-state index in [1.165, 1.54) is 16.2 Å². The van der Waals surface area contributed by atoms with Crippen molar-refractivity contribution < 1.29 is 4.79 Å². The molecule has 3 nitrogen and oxygen atoms in total. The van der Waals surface area contributed by atoms with Gasteiger partial charge in [0.1, 0.15) is 11.1 Å². The van der Waals surface area contributed by atoms with Gasteiger partial charge in [-0.15, -0.1) is 11.3 Å². The van der Waals surface area contributed by atoms with Crippen molar-refractivity contribution in [2.75, 3.05) is 5.32 Å². The van der Waals surface area contributed by atoms with Crippen LogP contribution in [0.15, 0.2) is 18.2 Å². The molecule has 1 aromatic heterocycles. The standard InChI is InChI=1S/C18H17ClN2OS/c1-10-3-6-13-14(9-20)18(23-16(13)7-10)21-17(22)12-5-4-11(2)15(19)8-12/h4-5,8,10H,3,6-7H2,1-2H3,(H,21,22)/t10-/m1/s1. The quantitative estimate of drug-likeness (QED) is 0.837. The molecular formula is C18H17ClN2OS. The molecule has 2 aromatic rings. The lowest BCUT2D eigenvalue weighted by atomic mass is 9.88. The normalized spacial score (nSPS) is 16.5. The first-order chi connectivity index (χ1) is 11.0. The van der Waals surface area contributed by atoms with Crippen LogP contribution in [0.3, 0.4) is 0 Å². The third kappa shape index (κ3) is 3.12. The van der Waals surface area contributed by atoms with E-state index in [-0.39, 0.29) is 5.91 Å². The zero-order valence-corrected chi connectivity index (χ0v) is 14.6. The molecule has 1 N–H and O–H groups in total. The summed E-state index contributed by atoms with van der Waals surface area (Å²) in [5.41, 5.74) is 3.18. The Morgan fingerprint density at radius 2 is 2.26 bits per heavy atom. The molecule has 3 rings (SSSR count). The minimum Gasteiger partial charge on any atom is -0.312 e. The Morgan fingerprint density at radius 3 is 2.96 bits per heavy atom. The SMILES string of the molecule is Cc1ccc(C(=O)Nc2sc3c(c2C#N)CC[C@@H](C)C3)cc1Cl. The lowest BCUT2D eigenvalue weighted by Crippen LogP contribution is -2.12. The molecule has 0 saturated carbocycles. The fourth-order valence-corrected chi connectivity index (χ4v) is 4.40. The molecule has 5 heteroatoms. The van der Waals surface area contributed by atoms with Gasteiger partial charge in [0.15, 0.2) is 0 Å². The Morgan fingerprint density at radius 1 is 1.48 bits per heavy atom. The van der Waals surface area contributed by atoms with Crippen LogP contribution in [0, 0.1) is 24.2 Å². The number of nitrogens with one attached hydrogen (secondary N) is 1. The maximum Gasteiger partial charge on any atom is 0.256 e. The summed E-state index contributed by atoms with van der Waals surface area (Å²) < 4.78 is 0. The second kappa shape index (κ2) is 6.35. The molecule has 1 amide bonds. The zero-order valence-electron chi connectivity index (χ0n) is 13.1. The largest absolute Gasteiger partial charge is 0.312 e. The van der Waals surface area contributed by atoms with Crippen LogP contribution in [0.1, 0.15) is 45.3 Å². The van der Waals surface area contributed by atoms with E-state index in [9.17, 15) is 10.1 Å². The van der Waals surface area contributed by atoms with Crippen LogP contribution in [0.2, 0.25) is 5.02 Å². The van der Waals surface area contributed by atoms with Gasteiger partial charge in [0.25, 0.3) is 5.91 Å². The van der Waals surface area contributed by atoms with Gasteiger partial charge in [-0.3, -0.25) is 4.79 Å². The number of hydrogen-bond donors (Lipinski definition) is 1. The molecule has 23 heavy (non-hydrogen) atoms. The Kier molecular flexibility index (Phi) is 4.43. The maximum atomic E-state index is 12.5. The molecule has 0 saturated heterocycles. The molecule has 0 radical (unpaired) electrons. The lowest BCUT2D eigenvalue weighted by molar-refractivity contribution is 0.102. The van der Waals surface area contributed by atoms with Crippen LogP contribution in [0.5, 0.6) is 0 Å². The van der Waals surface area contributed by atoms with Crippen LogP contribution < -0.4 is 5.32 Å². The van der Waals surface area contributed by atoms with E-state index in [1.54, 1.807) is 12.1 Å². The highest BCUT2D eigenvalue weighted by Gasteiger charge is 2.24. The van der Waals surface area contributed by atoms with E-state index in [0.717, 1.165) is 30.4 Å². The van der Waals surface area contributed by atoms with Crippen molar-refractivity contribution in [2.45, 2.75) is 33.1 Å². The molecule has 1 aliphatic carbocycles. The maximum absolute atomic E-state index is 12.5. The average Bonchev–Trinajstić information content (AvgIpc) is 2.85. The number of fused-ring (bicyclic) bond motifs is 1. The second-order valence-corrected chi connectivity index (χ2v) is 7.60. The Bertz CT molecular complexity index is 819. The summed E-state index contributed by atoms with van der Waals surface area (Å²) in [6, 6.07) is 7.50. The molecular weight excluding hydrogens is 328 g/mol. The fraction of sp³-hybridized carbons (Fsp3) is 0.333. The molecule has 0 spiro atoms. The average molecular weight is 345 g/mol. The van der Waals surface area contributed by atoms with Crippen molar-refractivity contribution in [3.8, 4) is 6.07 Å². The number of carbonyl (C=O) groups excluding carboxylic acids is 1. The van der Waals surface area contributed by atoms with E-state index in [4.69, 9.17) is 11.6 Å². The van der Waals surface area contributed by atoms with Crippen molar-refractivity contribution in [3.05, 3.63) is 50.4 Å². The highest BCUT2D eigenvalue weighted by molar-refractivity contribution is 7.16. The van der Waals surface area contributed by atoms with Crippen molar-refractivity contribution in [3.63, 3.8) is 0 Å². The van der Waals surface area contributed by atoms with Gasteiger partial charge < -0.3 is 5.32 Å². The summed E-state index contributed by atoms with van der Waals surface area (Å²) >= 11 is 7.62. The minimum absolute atomic E-state index is 0.227. The second-order valence-electron chi connectivity index (χ2n) is 6.09. The molecule has 1 aromatic carbocycles. The number of amides is 1. The van der Waals surface area contributed by atoms with Crippen molar-refractivity contribution >= 4 is 33.8 Å². The third-order valence-corrected chi connectivity index (χ3v) is 5.86. The molecule has 1 atom stereocenters. The van der Waals surface area contributed by atoms with Crippen LogP contribution in [-0.2, 0) is 12.8 Å². The fourth-order valence-electron chi connectivity index (χ4n) is 2.87. The molecule has 1 aliphatic rings. The van der Waals surface area contributed by atoms with Gasteiger partial charge in [-0.05, 0) is 55.4 Å². The summed E-state index contributed by atoms with van der Waals surface area (Å²) in [7, 11) is 0. The van der Waals surface area contributed by atoms with Gasteiger partial charge in [0.05, 0.1) is 5.56 Å². The number of halogens is 1. The van der Waals surface area contributed by atoms with E-state index in [0.29, 0.717) is 27.1 Å². The van der Waals surface area contributed by atoms with Gasteiger partial charge in [-0.2, -0.15) is 5.26 Å². The number of anilines is 1. The van der Waals surface area contributed by atoms with Crippen LogP contribution in [-0.4, -0.2) is 5.91 Å². The molecule has 0 unspecified atom stereocenters. The number of thiophene rings is 1. The summed E-state index contributed by atoms with van der Waals surface area (Å²) in [5, 5.41) is 13.6. The van der Waals surface area contributed by atoms with E-state index in [1.807, 2.05) is 13.0 Å². The number of aryl methyl sites for hydroxylation is 1. The number of benzene rings is 1. The first-order valence-electron chi connectivity index (χ1n) is 7.61. The van der Waals surface area contributed by atoms with Crippen molar-refractivity contribution in [1.29, 1.82) is 5.26 Å².